The van der Waals surface area contributed by atoms with Gasteiger partial charge in [-0.25, -0.2) is 8.78 Å². The normalized spacial score (nSPS) is 21.8. The molecule has 0 saturated heterocycles. The Labute approximate surface area is 122 Å². The van der Waals surface area contributed by atoms with Crippen LogP contribution in [-0.4, -0.2) is 17.0 Å². The Morgan fingerprint density at radius 3 is 2.50 bits per heavy atom. The number of carboxylic acids is 1. The van der Waals surface area contributed by atoms with E-state index in [4.69, 9.17) is 5.11 Å². The highest BCUT2D eigenvalue weighted by atomic mass is 79.9. The number of halogens is 3. The van der Waals surface area contributed by atoms with Gasteiger partial charge >= 0.3 is 5.97 Å². The SMILES string of the molecule is O=C(O)C1CCCC1C(=O)Nc1cc(F)c(Br)cc1F. The molecule has 2 atom stereocenters. The van der Waals surface area contributed by atoms with Crippen molar-refractivity contribution in [1.29, 1.82) is 0 Å². The summed E-state index contributed by atoms with van der Waals surface area (Å²) in [6, 6.07) is 1.77. The molecule has 0 aromatic heterocycles. The summed E-state index contributed by atoms with van der Waals surface area (Å²) in [4.78, 5) is 23.0. The number of anilines is 1. The van der Waals surface area contributed by atoms with Crippen molar-refractivity contribution in [3.05, 3.63) is 28.2 Å². The van der Waals surface area contributed by atoms with Gasteiger partial charge in [0.1, 0.15) is 11.6 Å². The van der Waals surface area contributed by atoms with Crippen LogP contribution >= 0.6 is 15.9 Å². The number of rotatable bonds is 3. The van der Waals surface area contributed by atoms with Crippen molar-refractivity contribution in [2.24, 2.45) is 11.8 Å². The molecule has 4 nitrogen and oxygen atoms in total. The van der Waals surface area contributed by atoms with E-state index in [1.807, 2.05) is 0 Å². The van der Waals surface area contributed by atoms with E-state index in [9.17, 15) is 18.4 Å². The summed E-state index contributed by atoms with van der Waals surface area (Å²) in [6.07, 6.45) is 1.49. The maximum Gasteiger partial charge on any atom is 0.307 e. The number of aliphatic carboxylic acids is 1. The summed E-state index contributed by atoms with van der Waals surface area (Å²) < 4.78 is 26.9. The van der Waals surface area contributed by atoms with Gasteiger partial charge in [0.2, 0.25) is 5.91 Å². The van der Waals surface area contributed by atoms with E-state index in [0.29, 0.717) is 19.3 Å². The average Bonchev–Trinajstić information content (AvgIpc) is 2.85. The second-order valence-electron chi connectivity index (χ2n) is 4.72. The van der Waals surface area contributed by atoms with Crippen molar-refractivity contribution in [2.45, 2.75) is 19.3 Å². The molecule has 0 aliphatic heterocycles. The van der Waals surface area contributed by atoms with Gasteiger partial charge in [0, 0.05) is 6.07 Å². The van der Waals surface area contributed by atoms with Crippen molar-refractivity contribution in [2.75, 3.05) is 5.32 Å². The lowest BCUT2D eigenvalue weighted by Crippen LogP contribution is -2.30. The number of benzene rings is 1. The van der Waals surface area contributed by atoms with Crippen molar-refractivity contribution in [3.8, 4) is 0 Å². The molecule has 2 N–H and O–H groups in total. The minimum Gasteiger partial charge on any atom is -0.481 e. The van der Waals surface area contributed by atoms with Crippen LogP contribution in [0.2, 0.25) is 0 Å². The van der Waals surface area contributed by atoms with Gasteiger partial charge in [-0.1, -0.05) is 6.42 Å². The smallest absolute Gasteiger partial charge is 0.307 e. The number of carbonyl (C=O) groups is 2. The summed E-state index contributed by atoms with van der Waals surface area (Å²) in [5.74, 6) is -4.59. The lowest BCUT2D eigenvalue weighted by Gasteiger charge is -2.16. The molecule has 1 saturated carbocycles. The number of amides is 1. The lowest BCUT2D eigenvalue weighted by molar-refractivity contribution is -0.145. The van der Waals surface area contributed by atoms with Gasteiger partial charge < -0.3 is 10.4 Å². The molecule has 1 aromatic rings. The molecule has 1 aliphatic carbocycles. The molecule has 1 amide bonds. The van der Waals surface area contributed by atoms with E-state index >= 15 is 0 Å². The number of carboxylic acid groups (broad SMARTS) is 1. The van der Waals surface area contributed by atoms with Gasteiger partial charge in [0.25, 0.3) is 0 Å². The highest BCUT2D eigenvalue weighted by molar-refractivity contribution is 9.10. The molecule has 7 heteroatoms. The summed E-state index contributed by atoms with van der Waals surface area (Å²) in [5.41, 5.74) is -0.285. The Balaban J connectivity index is 2.16. The van der Waals surface area contributed by atoms with E-state index in [1.165, 1.54) is 0 Å². The zero-order valence-corrected chi connectivity index (χ0v) is 11.9. The van der Waals surface area contributed by atoms with Crippen LogP contribution in [0.15, 0.2) is 16.6 Å². The summed E-state index contributed by atoms with van der Waals surface area (Å²) >= 11 is 2.84. The van der Waals surface area contributed by atoms with Crippen LogP contribution in [0, 0.1) is 23.5 Å². The van der Waals surface area contributed by atoms with Crippen LogP contribution in [0.5, 0.6) is 0 Å². The van der Waals surface area contributed by atoms with Crippen LogP contribution in [0.4, 0.5) is 14.5 Å². The van der Waals surface area contributed by atoms with Gasteiger partial charge in [-0.3, -0.25) is 9.59 Å². The van der Waals surface area contributed by atoms with Crippen molar-refractivity contribution < 1.29 is 23.5 Å². The van der Waals surface area contributed by atoms with Crippen molar-refractivity contribution in [3.63, 3.8) is 0 Å². The van der Waals surface area contributed by atoms with E-state index in [0.717, 1.165) is 12.1 Å². The van der Waals surface area contributed by atoms with Crippen LogP contribution in [0.3, 0.4) is 0 Å². The van der Waals surface area contributed by atoms with Gasteiger partial charge in [-0.2, -0.15) is 0 Å². The largest absolute Gasteiger partial charge is 0.481 e. The first kappa shape index (κ1) is 14.9. The summed E-state index contributed by atoms with van der Waals surface area (Å²) in [5, 5.41) is 11.3. The van der Waals surface area contributed by atoms with Crippen molar-refractivity contribution in [1.82, 2.24) is 0 Å². The topological polar surface area (TPSA) is 66.4 Å². The second-order valence-corrected chi connectivity index (χ2v) is 5.57. The Morgan fingerprint density at radius 1 is 1.20 bits per heavy atom. The minimum atomic E-state index is -1.04. The highest BCUT2D eigenvalue weighted by Gasteiger charge is 2.37. The van der Waals surface area contributed by atoms with Gasteiger partial charge in [0.05, 0.1) is 22.0 Å². The lowest BCUT2D eigenvalue weighted by atomic mass is 9.95. The number of hydrogen-bond donors (Lipinski definition) is 2. The third-order valence-electron chi connectivity index (χ3n) is 3.44. The zero-order valence-electron chi connectivity index (χ0n) is 10.3. The molecule has 1 fully saturated rings. The van der Waals surface area contributed by atoms with E-state index in [1.54, 1.807) is 0 Å². The molecule has 1 aliphatic rings. The fourth-order valence-corrected chi connectivity index (χ4v) is 2.73. The Bertz CT molecular complexity index is 565. The van der Waals surface area contributed by atoms with Gasteiger partial charge in [0.15, 0.2) is 0 Å². The molecule has 0 heterocycles. The molecule has 1 aromatic carbocycles. The zero-order chi connectivity index (χ0) is 14.9. The van der Waals surface area contributed by atoms with E-state index < -0.39 is 35.3 Å². The monoisotopic (exact) mass is 347 g/mol. The molecule has 108 valence electrons. The predicted octanol–water partition coefficient (Wildman–Crippen LogP) is 3.17. The van der Waals surface area contributed by atoms with Crippen LogP contribution < -0.4 is 5.32 Å². The van der Waals surface area contributed by atoms with E-state index in [2.05, 4.69) is 21.2 Å². The molecular formula is C13H12BrF2NO3. The minimum absolute atomic E-state index is 0.0442. The Morgan fingerprint density at radius 2 is 1.85 bits per heavy atom. The van der Waals surface area contributed by atoms with Crippen molar-refractivity contribution >= 4 is 33.5 Å². The molecule has 20 heavy (non-hydrogen) atoms. The molecule has 2 rings (SSSR count). The predicted molar refractivity (Wildman–Crippen MR) is 71.2 cm³/mol. The number of carbonyl (C=O) groups excluding carboxylic acids is 1. The first-order chi connectivity index (χ1) is 9.40. The third-order valence-corrected chi connectivity index (χ3v) is 4.05. The standard InChI is InChI=1S/C13H12BrF2NO3/c14-8-4-10(16)11(5-9(8)15)17-12(18)6-2-1-3-7(6)13(19)20/h4-7H,1-3H2,(H,17,18)(H,19,20). The number of hydrogen-bond acceptors (Lipinski definition) is 2. The van der Waals surface area contributed by atoms with Gasteiger partial charge in [-0.05, 0) is 34.8 Å². The molecular weight excluding hydrogens is 336 g/mol. The first-order valence-electron chi connectivity index (χ1n) is 6.08. The second kappa shape index (κ2) is 5.87. The Hall–Kier alpha value is -1.50. The number of nitrogens with one attached hydrogen (secondary N) is 1. The third kappa shape index (κ3) is 2.98. The molecule has 0 radical (unpaired) electrons. The quantitative estimate of drug-likeness (QED) is 0.825. The molecule has 0 spiro atoms. The molecule has 0 bridgehead atoms. The fraction of sp³-hybridized carbons (Fsp3) is 0.385. The maximum atomic E-state index is 13.6. The highest BCUT2D eigenvalue weighted by Crippen LogP contribution is 2.33. The summed E-state index contributed by atoms with van der Waals surface area (Å²) in [7, 11) is 0. The summed E-state index contributed by atoms with van der Waals surface area (Å²) in [6.45, 7) is 0. The first-order valence-corrected chi connectivity index (χ1v) is 6.87. The van der Waals surface area contributed by atoms with Gasteiger partial charge in [-0.15, -0.1) is 0 Å². The van der Waals surface area contributed by atoms with E-state index in [-0.39, 0.29) is 10.2 Å². The van der Waals surface area contributed by atoms with Crippen LogP contribution in [-0.2, 0) is 9.59 Å². The average molecular weight is 348 g/mol. The maximum absolute atomic E-state index is 13.6. The fourth-order valence-electron chi connectivity index (χ4n) is 2.41. The van der Waals surface area contributed by atoms with Crippen LogP contribution in [0.1, 0.15) is 19.3 Å². The Kier molecular flexibility index (Phi) is 4.37. The van der Waals surface area contributed by atoms with Crippen LogP contribution in [0.25, 0.3) is 0 Å². The molecule has 2 unspecified atom stereocenters.